The van der Waals surface area contributed by atoms with Crippen molar-refractivity contribution in [1.82, 2.24) is 4.31 Å². The fraction of sp³-hybridized carbons (Fsp3) is 0.533. The molecule has 1 amide bonds. The van der Waals surface area contributed by atoms with Crippen molar-refractivity contribution in [2.24, 2.45) is 11.7 Å². The molecule has 6 nitrogen and oxygen atoms in total. The van der Waals surface area contributed by atoms with Gasteiger partial charge in [0.15, 0.2) is 0 Å². The van der Waals surface area contributed by atoms with Gasteiger partial charge in [-0.2, -0.15) is 4.31 Å². The first-order valence-electron chi connectivity index (χ1n) is 7.59. The van der Waals surface area contributed by atoms with Crippen LogP contribution in [-0.2, 0) is 14.8 Å². The molecule has 1 aromatic rings. The molecule has 1 aromatic carbocycles. The smallest absolute Gasteiger partial charge is 0.244 e. The van der Waals surface area contributed by atoms with Crippen molar-refractivity contribution in [2.45, 2.75) is 37.6 Å². The summed E-state index contributed by atoms with van der Waals surface area (Å²) in [6.07, 6.45) is 1.69. The van der Waals surface area contributed by atoms with Crippen LogP contribution in [0.15, 0.2) is 23.1 Å². The molecule has 0 aliphatic carbocycles. The number of hydrogen-bond acceptors (Lipinski definition) is 4. The Morgan fingerprint density at radius 3 is 2.48 bits per heavy atom. The van der Waals surface area contributed by atoms with Gasteiger partial charge in [0.25, 0.3) is 0 Å². The number of nitrogens with one attached hydrogen (secondary N) is 1. The van der Waals surface area contributed by atoms with Crippen molar-refractivity contribution < 1.29 is 13.2 Å². The van der Waals surface area contributed by atoms with Gasteiger partial charge < -0.3 is 11.1 Å². The van der Waals surface area contributed by atoms with Crippen LogP contribution >= 0.6 is 11.6 Å². The number of rotatable bonds is 5. The number of carbonyl (C=O) groups is 1. The van der Waals surface area contributed by atoms with Gasteiger partial charge in [-0.1, -0.05) is 18.5 Å². The number of benzene rings is 1. The summed E-state index contributed by atoms with van der Waals surface area (Å²) < 4.78 is 26.7. The van der Waals surface area contributed by atoms with Gasteiger partial charge in [-0.3, -0.25) is 4.79 Å². The van der Waals surface area contributed by atoms with Gasteiger partial charge in [-0.15, -0.1) is 0 Å². The number of halogens is 1. The lowest BCUT2D eigenvalue weighted by atomic mass is 10.0. The van der Waals surface area contributed by atoms with Gasteiger partial charge in [0.1, 0.15) is 4.90 Å². The topological polar surface area (TPSA) is 92.5 Å². The fourth-order valence-corrected chi connectivity index (χ4v) is 4.36. The monoisotopic (exact) mass is 359 g/mol. The molecule has 2 atom stereocenters. The van der Waals surface area contributed by atoms with Crippen LogP contribution in [0.3, 0.4) is 0 Å². The Balaban J connectivity index is 2.27. The van der Waals surface area contributed by atoms with Gasteiger partial charge in [0, 0.05) is 24.8 Å². The Morgan fingerprint density at radius 1 is 1.30 bits per heavy atom. The van der Waals surface area contributed by atoms with E-state index >= 15 is 0 Å². The zero-order valence-corrected chi connectivity index (χ0v) is 14.8. The highest BCUT2D eigenvalue weighted by Crippen LogP contribution is 2.29. The molecule has 1 aliphatic rings. The van der Waals surface area contributed by atoms with Crippen LogP contribution in [0.1, 0.15) is 26.7 Å². The number of hydrogen-bond donors (Lipinski definition) is 2. The van der Waals surface area contributed by atoms with Crippen molar-refractivity contribution in [2.75, 3.05) is 18.4 Å². The van der Waals surface area contributed by atoms with Gasteiger partial charge in [-0.25, -0.2) is 8.42 Å². The van der Waals surface area contributed by atoms with E-state index in [9.17, 15) is 13.2 Å². The minimum Gasteiger partial charge on any atom is -0.327 e. The number of amides is 1. The second kappa shape index (κ2) is 7.17. The molecule has 128 valence electrons. The lowest BCUT2D eigenvalue weighted by Crippen LogP contribution is -2.34. The van der Waals surface area contributed by atoms with E-state index in [0.717, 1.165) is 12.8 Å². The summed E-state index contributed by atoms with van der Waals surface area (Å²) in [4.78, 5) is 12.1. The molecular weight excluding hydrogens is 338 g/mol. The molecule has 0 aromatic heterocycles. The van der Waals surface area contributed by atoms with E-state index in [1.54, 1.807) is 19.9 Å². The minimum absolute atomic E-state index is 0.0207. The van der Waals surface area contributed by atoms with Crippen molar-refractivity contribution in [1.29, 1.82) is 0 Å². The van der Waals surface area contributed by atoms with Crippen molar-refractivity contribution in [3.8, 4) is 0 Å². The Hall–Kier alpha value is -1.15. The quantitative estimate of drug-likeness (QED) is 0.841. The largest absolute Gasteiger partial charge is 0.327 e. The molecule has 2 unspecified atom stereocenters. The lowest BCUT2D eigenvalue weighted by molar-refractivity contribution is -0.119. The molecule has 0 radical (unpaired) electrons. The highest BCUT2D eigenvalue weighted by Gasteiger charge is 2.29. The van der Waals surface area contributed by atoms with Crippen LogP contribution in [0.5, 0.6) is 0 Å². The Morgan fingerprint density at radius 2 is 1.91 bits per heavy atom. The fourth-order valence-electron chi connectivity index (χ4n) is 2.34. The van der Waals surface area contributed by atoms with E-state index in [4.69, 9.17) is 17.3 Å². The number of carbonyl (C=O) groups excluding carboxylic acids is 1. The first-order chi connectivity index (χ1) is 10.7. The Bertz CT molecular complexity index is 685. The van der Waals surface area contributed by atoms with Crippen LogP contribution in [0.25, 0.3) is 0 Å². The van der Waals surface area contributed by atoms with Gasteiger partial charge >= 0.3 is 0 Å². The molecule has 0 spiro atoms. The molecule has 1 heterocycles. The molecule has 2 rings (SSSR count). The molecule has 0 bridgehead atoms. The standard InChI is InChI=1S/C15H22ClN3O3S/c1-10(11(2)17)15(20)18-12-5-6-13(16)14(9-12)23(21,22)19-7-3-4-8-19/h5-6,9-11H,3-4,7-8,17H2,1-2H3,(H,18,20). The van der Waals surface area contributed by atoms with Crippen molar-refractivity contribution in [3.63, 3.8) is 0 Å². The molecule has 0 saturated carbocycles. The van der Waals surface area contributed by atoms with E-state index < -0.39 is 10.0 Å². The highest BCUT2D eigenvalue weighted by atomic mass is 35.5. The van der Waals surface area contributed by atoms with Crippen LogP contribution in [0, 0.1) is 5.92 Å². The average Bonchev–Trinajstić information content (AvgIpc) is 3.03. The number of nitrogens with zero attached hydrogens (tertiary/aromatic N) is 1. The third kappa shape index (κ3) is 4.03. The van der Waals surface area contributed by atoms with Crippen LogP contribution in [0.2, 0.25) is 5.02 Å². The summed E-state index contributed by atoms with van der Waals surface area (Å²) in [5.41, 5.74) is 6.11. The molecule has 23 heavy (non-hydrogen) atoms. The number of sulfonamides is 1. The third-order valence-electron chi connectivity index (χ3n) is 4.08. The maximum absolute atomic E-state index is 12.6. The number of nitrogens with two attached hydrogens (primary N) is 1. The lowest BCUT2D eigenvalue weighted by Gasteiger charge is -2.18. The van der Waals surface area contributed by atoms with Crippen molar-refractivity contribution >= 4 is 33.2 Å². The first-order valence-corrected chi connectivity index (χ1v) is 9.41. The molecule has 1 saturated heterocycles. The first kappa shape index (κ1) is 18.2. The second-order valence-electron chi connectivity index (χ2n) is 5.89. The minimum atomic E-state index is -3.64. The maximum atomic E-state index is 12.6. The Labute approximate surface area is 142 Å². The summed E-state index contributed by atoms with van der Waals surface area (Å²) in [7, 11) is -3.64. The second-order valence-corrected chi connectivity index (χ2v) is 8.21. The number of anilines is 1. The molecule has 8 heteroatoms. The van der Waals surface area contributed by atoms with Gasteiger partial charge in [0.2, 0.25) is 15.9 Å². The van der Waals surface area contributed by atoms with Crippen molar-refractivity contribution in [3.05, 3.63) is 23.2 Å². The third-order valence-corrected chi connectivity index (χ3v) is 6.46. The molecule has 1 aliphatic heterocycles. The average molecular weight is 360 g/mol. The van der Waals surface area contributed by atoms with E-state index in [1.165, 1.54) is 16.4 Å². The van der Waals surface area contributed by atoms with Gasteiger partial charge in [-0.05, 0) is 38.0 Å². The highest BCUT2D eigenvalue weighted by molar-refractivity contribution is 7.89. The molecule has 1 fully saturated rings. The summed E-state index contributed by atoms with van der Waals surface area (Å²) in [5.74, 6) is -0.642. The predicted octanol–water partition coefficient (Wildman–Crippen LogP) is 2.05. The zero-order valence-electron chi connectivity index (χ0n) is 13.3. The summed E-state index contributed by atoms with van der Waals surface area (Å²) in [5, 5.41) is 2.84. The van der Waals surface area contributed by atoms with E-state index in [0.29, 0.717) is 18.8 Å². The molecule has 3 N–H and O–H groups in total. The van der Waals surface area contributed by atoms with Crippen LogP contribution in [0.4, 0.5) is 5.69 Å². The van der Waals surface area contributed by atoms with Crippen LogP contribution < -0.4 is 11.1 Å². The maximum Gasteiger partial charge on any atom is 0.244 e. The summed E-state index contributed by atoms with van der Waals surface area (Å²) >= 11 is 6.07. The summed E-state index contributed by atoms with van der Waals surface area (Å²) in [6, 6.07) is 4.17. The van der Waals surface area contributed by atoms with E-state index in [-0.39, 0.29) is 27.8 Å². The van der Waals surface area contributed by atoms with Gasteiger partial charge in [0.05, 0.1) is 10.9 Å². The zero-order chi connectivity index (χ0) is 17.2. The predicted molar refractivity (Wildman–Crippen MR) is 90.9 cm³/mol. The summed E-state index contributed by atoms with van der Waals surface area (Å²) in [6.45, 7) is 4.46. The SMILES string of the molecule is CC(N)C(C)C(=O)Nc1ccc(Cl)c(S(=O)(=O)N2CCCC2)c1. The molecular formula is C15H22ClN3O3S. The normalized spacial score (nSPS) is 18.6. The van der Waals surface area contributed by atoms with Crippen LogP contribution in [-0.4, -0.2) is 37.8 Å². The van der Waals surface area contributed by atoms with E-state index in [1.807, 2.05) is 0 Å². The van der Waals surface area contributed by atoms with E-state index in [2.05, 4.69) is 5.32 Å². The Kier molecular flexibility index (Phi) is 5.67.